The number of carbonyl (C=O) groups excluding carboxylic acids is 3. The van der Waals surface area contributed by atoms with E-state index in [4.69, 9.17) is 4.74 Å². The predicted molar refractivity (Wildman–Crippen MR) is 154 cm³/mol. The molecule has 6 atom stereocenters. The Morgan fingerprint density at radius 1 is 1.15 bits per heavy atom. The van der Waals surface area contributed by atoms with E-state index in [1.165, 1.54) is 0 Å². The minimum atomic E-state index is -1.09. The highest BCUT2D eigenvalue weighted by atomic mass is 16.5. The van der Waals surface area contributed by atoms with Crippen LogP contribution in [-0.4, -0.2) is 87.1 Å². The average Bonchev–Trinajstić information content (AvgIpc) is 3.43. The summed E-state index contributed by atoms with van der Waals surface area (Å²) in [6, 6.07) is 8.83. The number of ether oxygens (including phenoxy) is 1. The molecule has 0 saturated carbocycles. The number of unbranched alkanes of at least 4 members (excludes halogenated alkanes) is 1. The van der Waals surface area contributed by atoms with Gasteiger partial charge in [-0.05, 0) is 51.5 Å². The van der Waals surface area contributed by atoms with Crippen LogP contribution in [0.5, 0.6) is 0 Å². The van der Waals surface area contributed by atoms with Crippen molar-refractivity contribution in [2.24, 2.45) is 17.8 Å². The number of rotatable bonds is 13. The smallest absolute Gasteiger partial charge is 0.248 e. The van der Waals surface area contributed by atoms with E-state index in [-0.39, 0.29) is 36.3 Å². The summed E-state index contributed by atoms with van der Waals surface area (Å²) in [5, 5.41) is 9.42. The average molecular weight is 552 g/mol. The quantitative estimate of drug-likeness (QED) is 0.300. The van der Waals surface area contributed by atoms with E-state index in [9.17, 15) is 19.5 Å². The minimum Gasteiger partial charge on any atom is -0.396 e. The Bertz CT molecular complexity index is 1120. The van der Waals surface area contributed by atoms with Gasteiger partial charge in [-0.1, -0.05) is 49.4 Å². The molecule has 3 heterocycles. The van der Waals surface area contributed by atoms with E-state index in [1.54, 1.807) is 26.9 Å². The molecule has 1 aromatic rings. The summed E-state index contributed by atoms with van der Waals surface area (Å²) in [6.45, 7) is 17.0. The monoisotopic (exact) mass is 551 g/mol. The topological polar surface area (TPSA) is 90.4 Å². The second kappa shape index (κ2) is 11.9. The van der Waals surface area contributed by atoms with Gasteiger partial charge in [0.2, 0.25) is 17.7 Å². The number of aliphatic hydroxyl groups excluding tert-OH is 1. The van der Waals surface area contributed by atoms with Crippen molar-refractivity contribution in [3.8, 4) is 0 Å². The van der Waals surface area contributed by atoms with Crippen molar-refractivity contribution < 1.29 is 24.2 Å². The van der Waals surface area contributed by atoms with E-state index < -0.39 is 29.1 Å². The van der Waals surface area contributed by atoms with Gasteiger partial charge in [-0.25, -0.2) is 0 Å². The molecule has 8 heteroatoms. The third-order valence-corrected chi connectivity index (χ3v) is 9.23. The molecule has 0 aliphatic carbocycles. The van der Waals surface area contributed by atoms with Gasteiger partial charge in [0.1, 0.15) is 11.6 Å². The summed E-state index contributed by atoms with van der Waals surface area (Å²) >= 11 is 0. The molecule has 3 fully saturated rings. The van der Waals surface area contributed by atoms with Crippen molar-refractivity contribution in [1.29, 1.82) is 0 Å². The van der Waals surface area contributed by atoms with Crippen molar-refractivity contribution in [2.75, 3.05) is 26.2 Å². The molecule has 3 aliphatic heterocycles. The summed E-state index contributed by atoms with van der Waals surface area (Å²) in [5.41, 5.74) is -0.990. The standard InChI is InChI=1S/C32H45N3O5/c1-7-16-33(21-24-14-10-9-11-15-24)28(37)25-26-29(38)35(18-12-13-19-36)27(30(39)34(17-8-2)22(3)4)32(26)20-23(5)31(25,6)40-32/h7-11,14-15,22-23,25-27,36H,1-2,12-13,16-21H2,3-6H3/t23?,25-,26+,27?,31+,32?/m1/s1. The number of amides is 3. The van der Waals surface area contributed by atoms with Crippen LogP contribution in [0.4, 0.5) is 0 Å². The maximum absolute atomic E-state index is 14.4. The second-order valence-corrected chi connectivity index (χ2v) is 12.0. The Morgan fingerprint density at radius 2 is 1.82 bits per heavy atom. The van der Waals surface area contributed by atoms with Gasteiger partial charge in [0.25, 0.3) is 0 Å². The van der Waals surface area contributed by atoms with Crippen LogP contribution in [0, 0.1) is 17.8 Å². The van der Waals surface area contributed by atoms with Crippen LogP contribution in [0.2, 0.25) is 0 Å². The molecule has 0 radical (unpaired) electrons. The summed E-state index contributed by atoms with van der Waals surface area (Å²) < 4.78 is 6.89. The molecule has 2 bridgehead atoms. The van der Waals surface area contributed by atoms with Gasteiger partial charge in [-0.3, -0.25) is 14.4 Å². The number of benzene rings is 1. The van der Waals surface area contributed by atoms with Crippen LogP contribution in [-0.2, 0) is 25.7 Å². The molecule has 1 aromatic carbocycles. The van der Waals surface area contributed by atoms with Crippen molar-refractivity contribution in [3.63, 3.8) is 0 Å². The molecular formula is C32H45N3O5. The lowest BCUT2D eigenvalue weighted by Gasteiger charge is -2.39. The third kappa shape index (κ3) is 4.90. The highest BCUT2D eigenvalue weighted by Gasteiger charge is 2.80. The summed E-state index contributed by atoms with van der Waals surface area (Å²) in [6.07, 6.45) is 5.00. The predicted octanol–water partition coefficient (Wildman–Crippen LogP) is 3.41. The van der Waals surface area contributed by atoms with E-state index in [2.05, 4.69) is 20.1 Å². The maximum atomic E-state index is 14.4. The lowest BCUT2D eigenvalue weighted by Crippen LogP contribution is -2.58. The van der Waals surface area contributed by atoms with Crippen LogP contribution in [0.15, 0.2) is 55.6 Å². The molecular weight excluding hydrogens is 506 g/mol. The molecule has 8 nitrogen and oxygen atoms in total. The van der Waals surface area contributed by atoms with E-state index in [1.807, 2.05) is 51.1 Å². The Balaban J connectivity index is 1.77. The van der Waals surface area contributed by atoms with E-state index in [0.29, 0.717) is 45.4 Å². The molecule has 1 N–H and O–H groups in total. The zero-order valence-corrected chi connectivity index (χ0v) is 24.4. The van der Waals surface area contributed by atoms with Crippen LogP contribution in [0.3, 0.4) is 0 Å². The van der Waals surface area contributed by atoms with Crippen molar-refractivity contribution >= 4 is 17.7 Å². The first-order valence-corrected chi connectivity index (χ1v) is 14.5. The van der Waals surface area contributed by atoms with Gasteiger partial charge in [0, 0.05) is 38.8 Å². The molecule has 1 spiro atoms. The Hall–Kier alpha value is -2.97. The fourth-order valence-corrected chi connectivity index (χ4v) is 7.27. The van der Waals surface area contributed by atoms with Crippen LogP contribution < -0.4 is 0 Å². The second-order valence-electron chi connectivity index (χ2n) is 12.0. The molecule has 40 heavy (non-hydrogen) atoms. The molecule has 4 rings (SSSR count). The number of fused-ring (bicyclic) bond motifs is 1. The van der Waals surface area contributed by atoms with Crippen molar-refractivity contribution in [3.05, 3.63) is 61.2 Å². The Kier molecular flexibility index (Phi) is 8.90. The van der Waals surface area contributed by atoms with Gasteiger partial charge in [0.15, 0.2) is 0 Å². The van der Waals surface area contributed by atoms with Gasteiger partial charge in [0.05, 0.1) is 17.4 Å². The van der Waals surface area contributed by atoms with Crippen LogP contribution >= 0.6 is 0 Å². The van der Waals surface area contributed by atoms with E-state index in [0.717, 1.165) is 5.56 Å². The first-order valence-electron chi connectivity index (χ1n) is 14.5. The number of nitrogens with zero attached hydrogens (tertiary/aromatic N) is 3. The molecule has 0 aromatic heterocycles. The lowest BCUT2D eigenvalue weighted by atomic mass is 9.62. The molecule has 3 amide bonds. The Morgan fingerprint density at radius 3 is 2.42 bits per heavy atom. The molecule has 3 saturated heterocycles. The number of hydrogen-bond donors (Lipinski definition) is 1. The summed E-state index contributed by atoms with van der Waals surface area (Å²) in [5.74, 6) is -2.04. The first kappa shape index (κ1) is 30.0. The number of hydrogen-bond acceptors (Lipinski definition) is 5. The highest BCUT2D eigenvalue weighted by molar-refractivity contribution is 5.99. The molecule has 3 aliphatic rings. The van der Waals surface area contributed by atoms with Gasteiger partial charge >= 0.3 is 0 Å². The Labute approximate surface area is 238 Å². The lowest BCUT2D eigenvalue weighted by molar-refractivity contribution is -0.155. The van der Waals surface area contributed by atoms with Gasteiger partial charge in [-0.2, -0.15) is 0 Å². The fraction of sp³-hybridized carbons (Fsp3) is 0.594. The molecule has 218 valence electrons. The largest absolute Gasteiger partial charge is 0.396 e. The van der Waals surface area contributed by atoms with Gasteiger partial charge < -0.3 is 24.5 Å². The summed E-state index contributed by atoms with van der Waals surface area (Å²) in [4.78, 5) is 48.2. The minimum absolute atomic E-state index is 0.00646. The SMILES string of the molecule is C=CCN(Cc1ccccc1)C(=O)[C@H]1[C@H]2C(=O)N(CCCCO)C(C(=O)N(CC=C)C(C)C)C23CC(C)[C@]1(C)O3. The zero-order valence-electron chi connectivity index (χ0n) is 24.4. The fourth-order valence-electron chi connectivity index (χ4n) is 7.27. The zero-order chi connectivity index (χ0) is 29.2. The van der Waals surface area contributed by atoms with Crippen molar-refractivity contribution in [2.45, 2.75) is 76.8 Å². The number of likely N-dealkylation sites (tertiary alicyclic amines) is 1. The van der Waals surface area contributed by atoms with E-state index >= 15 is 0 Å². The van der Waals surface area contributed by atoms with Crippen LogP contribution in [0.25, 0.3) is 0 Å². The van der Waals surface area contributed by atoms with Crippen molar-refractivity contribution in [1.82, 2.24) is 14.7 Å². The highest BCUT2D eigenvalue weighted by Crippen LogP contribution is 2.65. The van der Waals surface area contributed by atoms with Crippen LogP contribution in [0.1, 0.15) is 52.5 Å². The summed E-state index contributed by atoms with van der Waals surface area (Å²) in [7, 11) is 0. The first-order chi connectivity index (χ1) is 19.1. The molecule has 3 unspecified atom stereocenters. The number of carbonyl (C=O) groups is 3. The third-order valence-electron chi connectivity index (χ3n) is 9.23. The normalized spacial score (nSPS) is 30.4. The van der Waals surface area contributed by atoms with Gasteiger partial charge in [-0.15, -0.1) is 13.2 Å². The number of aliphatic hydroxyl groups is 1. The maximum Gasteiger partial charge on any atom is 0.248 e.